The number of hydrogen-bond acceptors (Lipinski definition) is 4. The first-order valence-corrected chi connectivity index (χ1v) is 10.4. The van der Waals surface area contributed by atoms with E-state index in [4.69, 9.17) is 9.84 Å². The van der Waals surface area contributed by atoms with Crippen LogP contribution in [0.3, 0.4) is 0 Å². The molecule has 1 aliphatic carbocycles. The van der Waals surface area contributed by atoms with E-state index in [-0.39, 0.29) is 24.9 Å². The van der Waals surface area contributed by atoms with Crippen LogP contribution in [0.1, 0.15) is 44.2 Å². The number of benzene rings is 2. The van der Waals surface area contributed by atoms with Gasteiger partial charge in [-0.15, -0.1) is 0 Å². The molecular weight excluding hydrogens is 396 g/mol. The Morgan fingerprint density at radius 3 is 2.03 bits per heavy atom. The van der Waals surface area contributed by atoms with E-state index in [0.29, 0.717) is 0 Å². The number of fused-ring (bicyclic) bond motifs is 3. The molecule has 2 aromatic rings. The number of aliphatic carboxylic acids is 1. The van der Waals surface area contributed by atoms with Crippen LogP contribution in [-0.2, 0) is 14.3 Å². The van der Waals surface area contributed by atoms with E-state index in [0.717, 1.165) is 22.3 Å². The highest BCUT2D eigenvalue weighted by atomic mass is 16.5. The van der Waals surface area contributed by atoms with E-state index in [1.807, 2.05) is 24.3 Å². The zero-order valence-electron chi connectivity index (χ0n) is 17.9. The molecule has 31 heavy (non-hydrogen) atoms. The highest BCUT2D eigenvalue weighted by Crippen LogP contribution is 2.44. The van der Waals surface area contributed by atoms with Gasteiger partial charge < -0.3 is 20.5 Å². The van der Waals surface area contributed by atoms with E-state index in [2.05, 4.69) is 34.9 Å². The van der Waals surface area contributed by atoms with Crippen molar-refractivity contribution in [2.24, 2.45) is 5.92 Å². The van der Waals surface area contributed by atoms with Crippen LogP contribution in [0.2, 0.25) is 0 Å². The van der Waals surface area contributed by atoms with Gasteiger partial charge in [-0.1, -0.05) is 55.5 Å². The Hall–Kier alpha value is -3.35. The van der Waals surface area contributed by atoms with Crippen LogP contribution < -0.4 is 10.6 Å². The fourth-order valence-electron chi connectivity index (χ4n) is 3.87. The number of amides is 2. The minimum atomic E-state index is -0.981. The maximum absolute atomic E-state index is 12.4. The second-order valence-electron chi connectivity index (χ2n) is 8.05. The molecule has 3 N–H and O–H groups in total. The highest BCUT2D eigenvalue weighted by Gasteiger charge is 2.30. The Morgan fingerprint density at radius 2 is 1.48 bits per heavy atom. The fourth-order valence-corrected chi connectivity index (χ4v) is 3.87. The molecule has 1 aliphatic rings. The Bertz CT molecular complexity index is 928. The average molecular weight is 424 g/mol. The molecule has 2 amide bonds. The zero-order valence-corrected chi connectivity index (χ0v) is 17.9. The summed E-state index contributed by atoms with van der Waals surface area (Å²) in [6, 6.07) is 15.2. The summed E-state index contributed by atoms with van der Waals surface area (Å²) in [5.74, 6) is -1.88. The minimum Gasteiger partial charge on any atom is -0.481 e. The summed E-state index contributed by atoms with van der Waals surface area (Å²) in [5.41, 5.74) is 4.57. The maximum Gasteiger partial charge on any atom is 0.407 e. The van der Waals surface area contributed by atoms with Gasteiger partial charge in [0.2, 0.25) is 5.91 Å². The third-order valence-electron chi connectivity index (χ3n) is 5.72. The third-order valence-corrected chi connectivity index (χ3v) is 5.72. The van der Waals surface area contributed by atoms with Gasteiger partial charge in [0.25, 0.3) is 0 Å². The summed E-state index contributed by atoms with van der Waals surface area (Å²) in [6.45, 7) is 5.22. The van der Waals surface area contributed by atoms with Gasteiger partial charge in [-0.25, -0.2) is 4.79 Å². The summed E-state index contributed by atoms with van der Waals surface area (Å²) in [6.07, 6.45) is -0.750. The predicted molar refractivity (Wildman–Crippen MR) is 117 cm³/mol. The summed E-state index contributed by atoms with van der Waals surface area (Å²) >= 11 is 0. The first-order valence-electron chi connectivity index (χ1n) is 10.4. The monoisotopic (exact) mass is 424 g/mol. The molecule has 0 spiro atoms. The maximum atomic E-state index is 12.4. The molecule has 0 aromatic heterocycles. The second kappa shape index (κ2) is 9.64. The van der Waals surface area contributed by atoms with Crippen molar-refractivity contribution in [1.82, 2.24) is 10.6 Å². The predicted octanol–water partition coefficient (Wildman–Crippen LogP) is 3.53. The summed E-state index contributed by atoms with van der Waals surface area (Å²) < 4.78 is 5.51. The molecule has 2 aromatic carbocycles. The first-order chi connectivity index (χ1) is 14.8. The first kappa shape index (κ1) is 22.3. The Kier molecular flexibility index (Phi) is 6.95. The lowest BCUT2D eigenvalue weighted by Crippen LogP contribution is -2.46. The lowest BCUT2D eigenvalue weighted by Gasteiger charge is -2.23. The van der Waals surface area contributed by atoms with E-state index >= 15 is 0 Å². The lowest BCUT2D eigenvalue weighted by atomic mass is 9.98. The van der Waals surface area contributed by atoms with Crippen molar-refractivity contribution in [3.63, 3.8) is 0 Å². The molecule has 0 bridgehead atoms. The second-order valence-corrected chi connectivity index (χ2v) is 8.05. The topological polar surface area (TPSA) is 105 Å². The van der Waals surface area contributed by atoms with Crippen molar-refractivity contribution >= 4 is 18.0 Å². The van der Waals surface area contributed by atoms with Gasteiger partial charge in [0.1, 0.15) is 6.61 Å². The Balaban J connectivity index is 1.55. The van der Waals surface area contributed by atoms with Gasteiger partial charge in [-0.05, 0) is 36.1 Å². The molecule has 0 saturated heterocycles. The van der Waals surface area contributed by atoms with Crippen LogP contribution in [0.25, 0.3) is 11.1 Å². The van der Waals surface area contributed by atoms with Gasteiger partial charge in [-0.3, -0.25) is 9.59 Å². The van der Waals surface area contributed by atoms with Gasteiger partial charge in [0, 0.05) is 18.0 Å². The Morgan fingerprint density at radius 1 is 0.935 bits per heavy atom. The molecular formula is C24H28N2O5. The lowest BCUT2D eigenvalue weighted by molar-refractivity contribution is -0.137. The van der Waals surface area contributed by atoms with Crippen molar-refractivity contribution in [2.75, 3.05) is 6.61 Å². The SMILES string of the molecule is CC(NC(=O)OCC1c2ccccc2-c2ccccc21)C(C)C(=O)N[C@H](C)CC(=O)O. The summed E-state index contributed by atoms with van der Waals surface area (Å²) in [4.78, 5) is 35.4. The van der Waals surface area contributed by atoms with Crippen molar-refractivity contribution in [1.29, 1.82) is 0 Å². The number of hydrogen-bond donors (Lipinski definition) is 3. The van der Waals surface area contributed by atoms with Gasteiger partial charge in [0.05, 0.1) is 12.3 Å². The molecule has 0 fully saturated rings. The van der Waals surface area contributed by atoms with Crippen molar-refractivity contribution in [2.45, 2.75) is 45.2 Å². The number of carboxylic acid groups (broad SMARTS) is 1. The minimum absolute atomic E-state index is 0.0361. The van der Waals surface area contributed by atoms with Crippen molar-refractivity contribution in [3.8, 4) is 11.1 Å². The number of alkyl carbamates (subject to hydrolysis) is 1. The van der Waals surface area contributed by atoms with Crippen molar-refractivity contribution in [3.05, 3.63) is 59.7 Å². The van der Waals surface area contributed by atoms with Gasteiger partial charge in [0.15, 0.2) is 0 Å². The summed E-state index contributed by atoms with van der Waals surface area (Å²) in [5, 5.41) is 14.2. The van der Waals surface area contributed by atoms with Gasteiger partial charge >= 0.3 is 12.1 Å². The molecule has 0 aliphatic heterocycles. The average Bonchev–Trinajstić information content (AvgIpc) is 3.04. The van der Waals surface area contributed by atoms with Crippen LogP contribution in [-0.4, -0.2) is 41.8 Å². The van der Waals surface area contributed by atoms with E-state index in [9.17, 15) is 14.4 Å². The number of rotatable bonds is 8. The van der Waals surface area contributed by atoms with Crippen LogP contribution in [0.4, 0.5) is 4.79 Å². The van der Waals surface area contributed by atoms with Crippen molar-refractivity contribution < 1.29 is 24.2 Å². The molecule has 164 valence electrons. The van der Waals surface area contributed by atoms with Crippen LogP contribution in [0, 0.1) is 5.92 Å². The molecule has 7 nitrogen and oxygen atoms in total. The fraction of sp³-hybridized carbons (Fsp3) is 0.375. The molecule has 3 rings (SSSR count). The van der Waals surface area contributed by atoms with Crippen LogP contribution in [0.15, 0.2) is 48.5 Å². The van der Waals surface area contributed by atoms with E-state index in [1.165, 1.54) is 0 Å². The molecule has 0 heterocycles. The van der Waals surface area contributed by atoms with E-state index in [1.54, 1.807) is 20.8 Å². The molecule has 2 unspecified atom stereocenters. The molecule has 7 heteroatoms. The molecule has 0 saturated carbocycles. The normalized spacial score (nSPS) is 15.2. The zero-order chi connectivity index (χ0) is 22.5. The Labute approximate surface area is 181 Å². The standard InChI is InChI=1S/C24H28N2O5/c1-14(12-22(27)28)25-23(29)15(2)16(3)26-24(30)31-13-21-19-10-6-4-8-17(19)18-9-5-7-11-20(18)21/h4-11,14-16,21H,12-13H2,1-3H3,(H,25,29)(H,26,30)(H,27,28)/t14-,15?,16?/m1/s1. The number of carbonyl (C=O) groups is 3. The largest absolute Gasteiger partial charge is 0.481 e. The van der Waals surface area contributed by atoms with Crippen LogP contribution in [0.5, 0.6) is 0 Å². The summed E-state index contributed by atoms with van der Waals surface area (Å²) in [7, 11) is 0. The quantitative estimate of drug-likeness (QED) is 0.601. The third kappa shape index (κ3) is 5.23. The molecule has 3 atom stereocenters. The number of carbonyl (C=O) groups excluding carboxylic acids is 2. The van der Waals surface area contributed by atoms with E-state index < -0.39 is 30.1 Å². The number of carboxylic acids is 1. The molecule has 0 radical (unpaired) electrons. The highest BCUT2D eigenvalue weighted by molar-refractivity contribution is 5.81. The van der Waals surface area contributed by atoms with Gasteiger partial charge in [-0.2, -0.15) is 0 Å². The smallest absolute Gasteiger partial charge is 0.407 e. The van der Waals surface area contributed by atoms with Crippen LogP contribution >= 0.6 is 0 Å². The number of ether oxygens (including phenoxy) is 1. The number of nitrogens with one attached hydrogen (secondary N) is 2.